The van der Waals surface area contributed by atoms with E-state index in [1.807, 2.05) is 36.4 Å². The van der Waals surface area contributed by atoms with Crippen molar-refractivity contribution < 1.29 is 14.4 Å². The van der Waals surface area contributed by atoms with Gasteiger partial charge >= 0.3 is 6.03 Å². The number of carbonyl (C=O) groups is 3. The number of amides is 4. The molecule has 6 nitrogen and oxygen atoms in total. The maximum Gasteiger partial charge on any atom is 0.331 e. The van der Waals surface area contributed by atoms with E-state index < -0.39 is 11.9 Å². The van der Waals surface area contributed by atoms with Crippen LogP contribution in [0.4, 0.5) is 10.5 Å². The summed E-state index contributed by atoms with van der Waals surface area (Å²) >= 11 is 1.08. The van der Waals surface area contributed by atoms with E-state index in [0.29, 0.717) is 16.8 Å². The third-order valence-electron chi connectivity index (χ3n) is 5.90. The Morgan fingerprint density at radius 1 is 0.757 bits per heavy atom. The highest BCUT2D eigenvalue weighted by atomic mass is 32.2. The molecule has 0 atom stereocenters. The van der Waals surface area contributed by atoms with Gasteiger partial charge < -0.3 is 5.32 Å². The van der Waals surface area contributed by atoms with E-state index in [1.165, 1.54) is 18.4 Å². The second-order valence-corrected chi connectivity index (χ2v) is 10.8. The van der Waals surface area contributed by atoms with Gasteiger partial charge in [-0.1, -0.05) is 64.8 Å². The number of aryl methyl sites for hydroxylation is 1. The molecule has 4 amide bonds. The van der Waals surface area contributed by atoms with Crippen LogP contribution in [0.3, 0.4) is 0 Å². The molecule has 0 aliphatic rings. The zero-order valence-electron chi connectivity index (χ0n) is 21.9. The predicted molar refractivity (Wildman–Crippen MR) is 151 cm³/mol. The molecule has 3 rings (SSSR count). The maximum atomic E-state index is 12.6. The first-order valence-corrected chi connectivity index (χ1v) is 13.4. The molecule has 37 heavy (non-hydrogen) atoms. The van der Waals surface area contributed by atoms with Crippen LogP contribution in [0.25, 0.3) is 0 Å². The molecule has 194 valence electrons. The van der Waals surface area contributed by atoms with E-state index in [1.54, 1.807) is 36.4 Å². The van der Waals surface area contributed by atoms with E-state index in [9.17, 15) is 14.4 Å². The first-order chi connectivity index (χ1) is 17.7. The van der Waals surface area contributed by atoms with Gasteiger partial charge in [0.25, 0.3) is 11.8 Å². The summed E-state index contributed by atoms with van der Waals surface area (Å²) in [4.78, 5) is 37.8. The van der Waals surface area contributed by atoms with Gasteiger partial charge in [-0.05, 0) is 89.9 Å². The van der Waals surface area contributed by atoms with Crippen LogP contribution in [-0.4, -0.2) is 17.8 Å². The Morgan fingerprint density at radius 3 is 1.95 bits per heavy atom. The summed E-state index contributed by atoms with van der Waals surface area (Å²) < 4.78 is 2.60. The molecule has 0 saturated carbocycles. The Kier molecular flexibility index (Phi) is 9.92. The monoisotopic (exact) mass is 517 g/mol. The van der Waals surface area contributed by atoms with E-state index in [0.717, 1.165) is 35.2 Å². The summed E-state index contributed by atoms with van der Waals surface area (Å²) in [6, 6.07) is 21.4. The van der Waals surface area contributed by atoms with E-state index in [-0.39, 0.29) is 11.3 Å². The van der Waals surface area contributed by atoms with Crippen LogP contribution in [0.2, 0.25) is 0 Å². The van der Waals surface area contributed by atoms with Crippen molar-refractivity contribution in [2.24, 2.45) is 0 Å². The van der Waals surface area contributed by atoms with Crippen LogP contribution in [0.15, 0.2) is 77.7 Å². The second kappa shape index (κ2) is 13.1. The molecule has 3 N–H and O–H groups in total. The van der Waals surface area contributed by atoms with Gasteiger partial charge in [-0.2, -0.15) is 0 Å². The smallest absolute Gasteiger partial charge is 0.322 e. The summed E-state index contributed by atoms with van der Waals surface area (Å²) in [5.41, 5.74) is 4.01. The van der Waals surface area contributed by atoms with E-state index >= 15 is 0 Å². The van der Waals surface area contributed by atoms with Crippen molar-refractivity contribution >= 4 is 35.5 Å². The zero-order valence-corrected chi connectivity index (χ0v) is 22.7. The first kappa shape index (κ1) is 28.0. The number of hydrogen-bond acceptors (Lipinski definition) is 4. The first-order valence-electron chi connectivity index (χ1n) is 12.5. The number of benzene rings is 3. The summed E-state index contributed by atoms with van der Waals surface area (Å²) in [5.74, 6) is -0.641. The minimum absolute atomic E-state index is 0.0133. The predicted octanol–water partition coefficient (Wildman–Crippen LogP) is 7.12. The molecule has 0 aliphatic heterocycles. The molecule has 3 aromatic carbocycles. The standard InChI is InChI=1S/C30H35N3O3S/c1-5-6-7-8-21-9-11-22(12-10-21)27(34)31-25-17-19-26(20-18-25)37-33-29(36)32-28(35)23-13-15-24(16-14-23)30(2,3)4/h9-20H,5-8H2,1-4H3,(H,31,34)(H2,32,33,35,36). The molecule has 7 heteroatoms. The largest absolute Gasteiger partial charge is 0.331 e. The Bertz CT molecular complexity index is 1200. The highest BCUT2D eigenvalue weighted by Gasteiger charge is 2.15. The SMILES string of the molecule is CCCCCc1ccc(C(=O)Nc2ccc(SNC(=O)NC(=O)c3ccc(C(C)(C)C)cc3)cc2)cc1. The number of imide groups is 1. The van der Waals surface area contributed by atoms with E-state index in [2.05, 4.69) is 43.1 Å². The molecule has 0 aromatic heterocycles. The van der Waals surface area contributed by atoms with Gasteiger partial charge in [0.05, 0.1) is 0 Å². The fourth-order valence-electron chi connectivity index (χ4n) is 3.64. The lowest BCUT2D eigenvalue weighted by Gasteiger charge is -2.19. The third kappa shape index (κ3) is 8.79. The second-order valence-electron chi connectivity index (χ2n) is 9.95. The summed E-state index contributed by atoms with van der Waals surface area (Å²) in [7, 11) is 0. The molecule has 0 heterocycles. The Labute approximate surface area is 223 Å². The van der Waals surface area contributed by atoms with Crippen molar-refractivity contribution in [3.05, 3.63) is 95.1 Å². The van der Waals surface area contributed by atoms with Crippen LogP contribution in [0.5, 0.6) is 0 Å². The van der Waals surface area contributed by atoms with Crippen LogP contribution in [0.1, 0.15) is 78.8 Å². The summed E-state index contributed by atoms with van der Waals surface area (Å²) in [5, 5.41) is 5.22. The van der Waals surface area contributed by atoms with Gasteiger partial charge in [-0.25, -0.2) is 4.79 Å². The molecule has 0 spiro atoms. The fraction of sp³-hybridized carbons (Fsp3) is 0.300. The molecule has 0 radical (unpaired) electrons. The van der Waals surface area contributed by atoms with Gasteiger partial charge in [0.1, 0.15) is 0 Å². The number of urea groups is 1. The molecule has 0 fully saturated rings. The number of hydrogen-bond donors (Lipinski definition) is 3. The van der Waals surface area contributed by atoms with Gasteiger partial charge in [-0.3, -0.25) is 19.6 Å². The molecule has 0 unspecified atom stereocenters. The topological polar surface area (TPSA) is 87.3 Å². The van der Waals surface area contributed by atoms with Crippen LogP contribution < -0.4 is 15.4 Å². The lowest BCUT2D eigenvalue weighted by Crippen LogP contribution is -2.36. The Morgan fingerprint density at radius 2 is 1.35 bits per heavy atom. The number of nitrogens with one attached hydrogen (secondary N) is 3. The number of carbonyl (C=O) groups excluding carboxylic acids is 3. The lowest BCUT2D eigenvalue weighted by molar-refractivity contribution is 0.0964. The van der Waals surface area contributed by atoms with Gasteiger partial charge in [-0.15, -0.1) is 0 Å². The van der Waals surface area contributed by atoms with Gasteiger partial charge in [0.2, 0.25) is 0 Å². The molecule has 0 bridgehead atoms. The van der Waals surface area contributed by atoms with Gasteiger partial charge in [0.15, 0.2) is 0 Å². The average Bonchev–Trinajstić information content (AvgIpc) is 2.88. The highest BCUT2D eigenvalue weighted by Crippen LogP contribution is 2.22. The van der Waals surface area contributed by atoms with Gasteiger partial charge in [0, 0.05) is 21.7 Å². The summed E-state index contributed by atoms with van der Waals surface area (Å²) in [6.07, 6.45) is 4.58. The number of rotatable bonds is 9. The zero-order chi connectivity index (χ0) is 26.8. The van der Waals surface area contributed by atoms with Crippen molar-refractivity contribution in [3.8, 4) is 0 Å². The number of anilines is 1. The molecule has 0 aliphatic carbocycles. The van der Waals surface area contributed by atoms with Crippen LogP contribution >= 0.6 is 11.9 Å². The normalized spacial score (nSPS) is 11.0. The van der Waals surface area contributed by atoms with Crippen molar-refractivity contribution in [3.63, 3.8) is 0 Å². The number of unbranched alkanes of at least 4 members (excludes halogenated alkanes) is 2. The van der Waals surface area contributed by atoms with Crippen LogP contribution in [0, 0.1) is 0 Å². The lowest BCUT2D eigenvalue weighted by atomic mass is 9.87. The Hall–Kier alpha value is -3.58. The van der Waals surface area contributed by atoms with Crippen LogP contribution in [-0.2, 0) is 11.8 Å². The van der Waals surface area contributed by atoms with Crippen molar-refractivity contribution in [2.75, 3.05) is 5.32 Å². The highest BCUT2D eigenvalue weighted by molar-refractivity contribution is 7.98. The molecular formula is C30H35N3O3S. The Balaban J connectivity index is 1.45. The van der Waals surface area contributed by atoms with Crippen molar-refractivity contribution in [1.82, 2.24) is 10.0 Å². The molecule has 0 saturated heterocycles. The molecule has 3 aromatic rings. The fourth-order valence-corrected chi connectivity index (χ4v) is 4.17. The average molecular weight is 518 g/mol. The quantitative estimate of drug-likeness (QED) is 0.208. The minimum atomic E-state index is -0.606. The molecular weight excluding hydrogens is 482 g/mol. The van der Waals surface area contributed by atoms with Crippen molar-refractivity contribution in [2.45, 2.75) is 63.7 Å². The maximum absolute atomic E-state index is 12.6. The van der Waals surface area contributed by atoms with E-state index in [4.69, 9.17) is 0 Å². The minimum Gasteiger partial charge on any atom is -0.322 e. The van der Waals surface area contributed by atoms with Crippen molar-refractivity contribution in [1.29, 1.82) is 0 Å². The third-order valence-corrected chi connectivity index (χ3v) is 6.69. The summed E-state index contributed by atoms with van der Waals surface area (Å²) in [6.45, 7) is 8.48.